The van der Waals surface area contributed by atoms with Gasteiger partial charge in [-0.15, -0.1) is 0 Å². The summed E-state index contributed by atoms with van der Waals surface area (Å²) in [6, 6.07) is 0. The molecule has 0 spiro atoms. The van der Waals surface area contributed by atoms with Gasteiger partial charge in [0.05, 0.1) is 5.75 Å². The fourth-order valence-electron chi connectivity index (χ4n) is 1.51. The van der Waals surface area contributed by atoms with E-state index in [0.29, 0.717) is 0 Å². The van der Waals surface area contributed by atoms with E-state index in [4.69, 9.17) is 0 Å². The van der Waals surface area contributed by atoms with Crippen LogP contribution in [0.3, 0.4) is 0 Å². The normalized spacial score (nSPS) is 15.9. The second-order valence-corrected chi connectivity index (χ2v) is 6.99. The van der Waals surface area contributed by atoms with Crippen LogP contribution in [0.15, 0.2) is 0 Å². The van der Waals surface area contributed by atoms with Crippen molar-refractivity contribution in [2.75, 3.05) is 12.3 Å². The summed E-state index contributed by atoms with van der Waals surface area (Å²) in [5, 5.41) is 0. The number of halogens is 13. The Morgan fingerprint density at radius 3 is 1.37 bits per heavy atom. The Labute approximate surface area is 142 Å². The van der Waals surface area contributed by atoms with Gasteiger partial charge in [0.1, 0.15) is 0 Å². The van der Waals surface area contributed by atoms with Crippen molar-refractivity contribution in [2.45, 2.75) is 49.1 Å². The molecule has 0 bridgehead atoms. The van der Waals surface area contributed by atoms with Crippen molar-refractivity contribution in [3.8, 4) is 0 Å². The van der Waals surface area contributed by atoms with Crippen LogP contribution in [0, 0.1) is 0 Å². The highest BCUT2D eigenvalue weighted by Crippen LogP contribution is 2.60. The third kappa shape index (κ3) is 4.37. The number of nitrogens with one attached hydrogen (secondary N) is 1. The topological polar surface area (TPSA) is 46.2 Å². The Balaban J connectivity index is 6.02. The fourth-order valence-corrected chi connectivity index (χ4v) is 2.62. The molecule has 0 amide bonds. The average Bonchev–Trinajstić information content (AvgIpc) is 2.43. The van der Waals surface area contributed by atoms with Gasteiger partial charge in [0.15, 0.2) is 0 Å². The lowest BCUT2D eigenvalue weighted by Gasteiger charge is -2.39. The zero-order valence-electron chi connectivity index (χ0n) is 12.8. The van der Waals surface area contributed by atoms with Crippen molar-refractivity contribution in [2.24, 2.45) is 0 Å². The van der Waals surface area contributed by atoms with Crippen molar-refractivity contribution in [1.29, 1.82) is 0 Å². The van der Waals surface area contributed by atoms with Gasteiger partial charge < -0.3 is 0 Å². The molecular formula is C10H10F13NO2S. The maximum absolute atomic E-state index is 13.3. The van der Waals surface area contributed by atoms with Crippen molar-refractivity contribution < 1.29 is 65.5 Å². The lowest BCUT2D eigenvalue weighted by atomic mass is 9.93. The number of rotatable bonds is 9. The second-order valence-electron chi connectivity index (χ2n) is 5.07. The summed E-state index contributed by atoms with van der Waals surface area (Å²) in [5.74, 6) is -39.6. The Hall–Kier alpha value is -1.00. The first-order chi connectivity index (χ1) is 11.5. The summed E-state index contributed by atoms with van der Waals surface area (Å²) in [4.78, 5) is 0. The van der Waals surface area contributed by atoms with Gasteiger partial charge in [-0.3, -0.25) is 0 Å². The molecule has 3 nitrogen and oxygen atoms in total. The highest BCUT2D eigenvalue weighted by atomic mass is 32.2. The van der Waals surface area contributed by atoms with E-state index < -0.39 is 64.5 Å². The summed E-state index contributed by atoms with van der Waals surface area (Å²) in [7, 11) is -4.78. The van der Waals surface area contributed by atoms with Gasteiger partial charge in [-0.1, -0.05) is 6.92 Å². The van der Waals surface area contributed by atoms with Crippen molar-refractivity contribution in [3.05, 3.63) is 0 Å². The van der Waals surface area contributed by atoms with Crippen LogP contribution in [0.1, 0.15) is 13.3 Å². The van der Waals surface area contributed by atoms with E-state index in [0.717, 1.165) is 6.92 Å². The quantitative estimate of drug-likeness (QED) is 0.534. The molecule has 1 N–H and O–H groups in total. The smallest absolute Gasteiger partial charge is 0.216 e. The minimum absolute atomic E-state index is 0.476. The van der Waals surface area contributed by atoms with E-state index in [1.165, 1.54) is 4.72 Å². The molecule has 0 aromatic carbocycles. The molecule has 0 aliphatic rings. The van der Waals surface area contributed by atoms with Crippen molar-refractivity contribution in [1.82, 2.24) is 4.72 Å². The molecule has 0 atom stereocenters. The number of alkyl halides is 13. The third-order valence-corrected chi connectivity index (χ3v) is 4.52. The van der Waals surface area contributed by atoms with Crippen LogP contribution >= 0.6 is 0 Å². The average molecular weight is 455 g/mol. The van der Waals surface area contributed by atoms with Gasteiger partial charge >= 0.3 is 35.8 Å². The third-order valence-electron chi connectivity index (χ3n) is 3.05. The first-order valence-corrected chi connectivity index (χ1v) is 8.10. The summed E-state index contributed by atoms with van der Waals surface area (Å²) in [6.07, 6.45) is -10.3. The van der Waals surface area contributed by atoms with E-state index in [2.05, 4.69) is 0 Å². The van der Waals surface area contributed by atoms with Crippen LogP contribution < -0.4 is 4.72 Å². The molecule has 0 rings (SSSR count). The molecule has 0 aromatic rings. The van der Waals surface area contributed by atoms with Crippen molar-refractivity contribution in [3.63, 3.8) is 0 Å². The largest absolute Gasteiger partial charge is 0.460 e. The predicted molar refractivity (Wildman–Crippen MR) is 62.9 cm³/mol. The summed E-state index contributed by atoms with van der Waals surface area (Å²) < 4.78 is 189. The minimum Gasteiger partial charge on any atom is -0.216 e. The van der Waals surface area contributed by atoms with Crippen LogP contribution in [0.2, 0.25) is 0 Å². The van der Waals surface area contributed by atoms with Gasteiger partial charge in [0, 0.05) is 13.0 Å². The molecule has 0 saturated heterocycles. The van der Waals surface area contributed by atoms with E-state index in [9.17, 15) is 65.5 Å². The fraction of sp³-hybridized carbons (Fsp3) is 1.00. The van der Waals surface area contributed by atoms with Crippen LogP contribution in [-0.2, 0) is 10.0 Å². The first-order valence-electron chi connectivity index (χ1n) is 6.45. The Morgan fingerprint density at radius 1 is 0.667 bits per heavy atom. The van der Waals surface area contributed by atoms with E-state index >= 15 is 0 Å². The minimum atomic E-state index is -7.99. The van der Waals surface area contributed by atoms with Crippen LogP contribution in [0.5, 0.6) is 0 Å². The highest BCUT2D eigenvalue weighted by Gasteiger charge is 2.90. The standard InChI is InChI=1S/C10H10F13NO2S/c1-2-24-27(25,26)4-3-5(11,12)6(13,14)7(15,16)8(17,18)9(19,20)10(21,22)23/h24H,2-4H2,1H3. The first kappa shape index (κ1) is 26.0. The Morgan fingerprint density at radius 2 is 1.04 bits per heavy atom. The molecular weight excluding hydrogens is 445 g/mol. The molecule has 0 saturated carbocycles. The highest BCUT2D eigenvalue weighted by molar-refractivity contribution is 7.89. The Bertz CT molecular complexity index is 625. The van der Waals surface area contributed by atoms with E-state index in [1.54, 1.807) is 0 Å². The van der Waals surface area contributed by atoms with E-state index in [1.807, 2.05) is 0 Å². The van der Waals surface area contributed by atoms with Crippen LogP contribution in [-0.4, -0.2) is 56.5 Å². The molecule has 0 aliphatic carbocycles. The van der Waals surface area contributed by atoms with Gasteiger partial charge in [-0.05, 0) is 0 Å². The number of hydrogen-bond acceptors (Lipinski definition) is 2. The molecule has 17 heteroatoms. The zero-order valence-corrected chi connectivity index (χ0v) is 13.6. The maximum atomic E-state index is 13.3. The summed E-state index contributed by atoms with van der Waals surface area (Å²) >= 11 is 0. The van der Waals surface area contributed by atoms with Gasteiger partial charge in [0.25, 0.3) is 0 Å². The number of hydrogen-bond donors (Lipinski definition) is 1. The predicted octanol–water partition coefficient (Wildman–Crippen LogP) is 4.05. The summed E-state index contributed by atoms with van der Waals surface area (Å²) in [6.45, 7) is 0.606. The molecule has 0 fully saturated rings. The molecule has 27 heavy (non-hydrogen) atoms. The molecule has 164 valence electrons. The molecule has 0 unspecified atom stereocenters. The molecule has 0 radical (unpaired) electrons. The van der Waals surface area contributed by atoms with E-state index in [-0.39, 0.29) is 0 Å². The lowest BCUT2D eigenvalue weighted by Crippen LogP contribution is -2.70. The molecule has 0 heterocycles. The molecule has 0 aliphatic heterocycles. The lowest BCUT2D eigenvalue weighted by molar-refractivity contribution is -0.439. The SMILES string of the molecule is CCNS(=O)(=O)CCC(F)(F)C(F)(F)C(F)(F)C(F)(F)C(F)(F)C(F)(F)F. The van der Waals surface area contributed by atoms with Crippen LogP contribution in [0.4, 0.5) is 57.1 Å². The van der Waals surface area contributed by atoms with Gasteiger partial charge in [0.2, 0.25) is 10.0 Å². The summed E-state index contributed by atoms with van der Waals surface area (Å²) in [5.41, 5.74) is 0. The number of sulfonamides is 1. The van der Waals surface area contributed by atoms with Gasteiger partial charge in [-0.25, -0.2) is 13.1 Å². The zero-order chi connectivity index (χ0) is 22.3. The maximum Gasteiger partial charge on any atom is 0.460 e. The second kappa shape index (κ2) is 7.11. The van der Waals surface area contributed by atoms with Crippen molar-refractivity contribution >= 4 is 10.0 Å². The van der Waals surface area contributed by atoms with Crippen LogP contribution in [0.25, 0.3) is 0 Å². The van der Waals surface area contributed by atoms with Gasteiger partial charge in [-0.2, -0.15) is 57.1 Å². The monoisotopic (exact) mass is 455 g/mol. The molecule has 0 aromatic heterocycles. The Kier molecular flexibility index (Phi) is 6.85.